The van der Waals surface area contributed by atoms with E-state index in [0.29, 0.717) is 17.4 Å². The Balaban J connectivity index is 1.33. The Labute approximate surface area is 179 Å². The summed E-state index contributed by atoms with van der Waals surface area (Å²) in [6.07, 6.45) is 7.10. The Hall–Kier alpha value is -3.46. The van der Waals surface area contributed by atoms with Gasteiger partial charge in [-0.05, 0) is 39.0 Å². The number of hydrogen-bond donors (Lipinski definition) is 0. The molecular formula is C22H23N7O2. The monoisotopic (exact) mass is 417 g/mol. The first-order valence-electron chi connectivity index (χ1n) is 10.3. The zero-order chi connectivity index (χ0) is 21.4. The van der Waals surface area contributed by atoms with Gasteiger partial charge in [0.25, 0.3) is 0 Å². The maximum absolute atomic E-state index is 12.8. The van der Waals surface area contributed by atoms with Crippen molar-refractivity contribution in [3.05, 3.63) is 54.3 Å². The van der Waals surface area contributed by atoms with Crippen molar-refractivity contribution in [3.63, 3.8) is 0 Å². The van der Waals surface area contributed by atoms with Crippen molar-refractivity contribution in [1.82, 2.24) is 34.8 Å². The van der Waals surface area contributed by atoms with Gasteiger partial charge in [-0.2, -0.15) is 0 Å². The van der Waals surface area contributed by atoms with Crippen molar-refractivity contribution in [2.24, 2.45) is 7.05 Å². The average Bonchev–Trinajstić information content (AvgIpc) is 3.43. The van der Waals surface area contributed by atoms with Crippen LogP contribution in [0.2, 0.25) is 0 Å². The molecule has 4 heterocycles. The molecule has 1 saturated heterocycles. The SMILES string of the molecule is CN1CCC(c2nc(C(=O)Cc3ncc4ccc(-c5cn(C)nn5)cc4n3)co2)CC1. The number of rotatable bonds is 5. The summed E-state index contributed by atoms with van der Waals surface area (Å²) in [6.45, 7) is 2.02. The highest BCUT2D eigenvalue weighted by Gasteiger charge is 2.24. The van der Waals surface area contributed by atoms with E-state index in [2.05, 4.69) is 37.2 Å². The number of aromatic nitrogens is 6. The largest absolute Gasteiger partial charge is 0.448 e. The summed E-state index contributed by atoms with van der Waals surface area (Å²) in [5, 5.41) is 9.01. The Morgan fingerprint density at radius 2 is 2.03 bits per heavy atom. The molecule has 1 aliphatic heterocycles. The predicted molar refractivity (Wildman–Crippen MR) is 114 cm³/mol. The van der Waals surface area contributed by atoms with Gasteiger partial charge in [0, 0.05) is 30.1 Å². The molecule has 3 aromatic heterocycles. The Morgan fingerprint density at radius 1 is 1.19 bits per heavy atom. The zero-order valence-electron chi connectivity index (χ0n) is 17.5. The number of oxazole rings is 1. The van der Waals surface area contributed by atoms with Crippen molar-refractivity contribution in [2.45, 2.75) is 25.2 Å². The molecule has 1 aliphatic rings. The van der Waals surface area contributed by atoms with Crippen LogP contribution in [0, 0.1) is 0 Å². The number of ketones is 1. The van der Waals surface area contributed by atoms with Crippen LogP contribution < -0.4 is 0 Å². The van der Waals surface area contributed by atoms with Crippen molar-refractivity contribution in [3.8, 4) is 11.3 Å². The van der Waals surface area contributed by atoms with E-state index in [9.17, 15) is 4.79 Å². The lowest BCUT2D eigenvalue weighted by molar-refractivity contribution is 0.0986. The summed E-state index contributed by atoms with van der Waals surface area (Å²) in [4.78, 5) is 28.5. The molecule has 9 heteroatoms. The molecule has 1 aromatic carbocycles. The van der Waals surface area contributed by atoms with Gasteiger partial charge in [-0.15, -0.1) is 5.10 Å². The first-order valence-corrected chi connectivity index (χ1v) is 10.3. The third-order valence-corrected chi connectivity index (χ3v) is 5.73. The minimum absolute atomic E-state index is 0.0741. The molecule has 0 saturated carbocycles. The lowest BCUT2D eigenvalue weighted by Gasteiger charge is -2.26. The minimum atomic E-state index is -0.146. The lowest BCUT2D eigenvalue weighted by atomic mass is 9.97. The molecule has 0 amide bonds. The number of likely N-dealkylation sites (tertiary alicyclic amines) is 1. The van der Waals surface area contributed by atoms with Crippen molar-refractivity contribution < 1.29 is 9.21 Å². The molecule has 1 fully saturated rings. The molecule has 9 nitrogen and oxygen atoms in total. The van der Waals surface area contributed by atoms with E-state index < -0.39 is 0 Å². The van der Waals surface area contributed by atoms with Crippen molar-refractivity contribution >= 4 is 16.7 Å². The summed E-state index contributed by atoms with van der Waals surface area (Å²) in [7, 11) is 3.94. The number of fused-ring (bicyclic) bond motifs is 1. The third kappa shape index (κ3) is 4.09. The number of piperidine rings is 1. The Morgan fingerprint density at radius 3 is 2.81 bits per heavy atom. The van der Waals surface area contributed by atoms with Gasteiger partial charge in [-0.1, -0.05) is 17.3 Å². The zero-order valence-corrected chi connectivity index (χ0v) is 17.5. The van der Waals surface area contributed by atoms with E-state index >= 15 is 0 Å². The molecule has 0 N–H and O–H groups in total. The van der Waals surface area contributed by atoms with E-state index in [4.69, 9.17) is 4.42 Å². The Bertz CT molecular complexity index is 1240. The first-order chi connectivity index (χ1) is 15.0. The van der Waals surface area contributed by atoms with Crippen LogP contribution in [0.4, 0.5) is 0 Å². The van der Waals surface area contributed by atoms with E-state index in [1.54, 1.807) is 10.9 Å². The number of benzene rings is 1. The van der Waals surface area contributed by atoms with Crippen LogP contribution in [0.5, 0.6) is 0 Å². The van der Waals surface area contributed by atoms with Crippen LogP contribution in [-0.2, 0) is 13.5 Å². The standard InChI is InChI=1S/C22H23N7O2/c1-28-7-5-14(6-8-28)22-25-19(13-31-22)20(30)10-21-23-11-16-4-3-15(9-17(16)24-21)18-12-29(2)27-26-18/h3-4,9,11-14H,5-8,10H2,1-2H3. The van der Waals surface area contributed by atoms with Crippen molar-refractivity contribution in [1.29, 1.82) is 0 Å². The van der Waals surface area contributed by atoms with E-state index in [0.717, 1.165) is 48.1 Å². The molecule has 0 unspecified atom stereocenters. The minimum Gasteiger partial charge on any atom is -0.448 e. The van der Waals surface area contributed by atoms with Gasteiger partial charge in [0.2, 0.25) is 0 Å². The first kappa shape index (κ1) is 19.5. The van der Waals surface area contributed by atoms with Crippen molar-refractivity contribution in [2.75, 3.05) is 20.1 Å². The molecule has 0 atom stereocenters. The van der Waals surface area contributed by atoms with Gasteiger partial charge in [-0.3, -0.25) is 9.48 Å². The number of hydrogen-bond acceptors (Lipinski definition) is 8. The number of Topliss-reactive ketones (excluding diaryl/α,β-unsaturated/α-hetero) is 1. The van der Waals surface area contributed by atoms with Crippen LogP contribution in [0.25, 0.3) is 22.2 Å². The topological polar surface area (TPSA) is 103 Å². The summed E-state index contributed by atoms with van der Waals surface area (Å²) in [5.74, 6) is 1.24. The second-order valence-corrected chi connectivity index (χ2v) is 8.09. The van der Waals surface area contributed by atoms with E-state index in [1.165, 1.54) is 6.26 Å². The summed E-state index contributed by atoms with van der Waals surface area (Å²) >= 11 is 0. The van der Waals surface area contributed by atoms with E-state index in [-0.39, 0.29) is 18.1 Å². The van der Waals surface area contributed by atoms with Crippen LogP contribution >= 0.6 is 0 Å². The Kier molecular flexibility index (Phi) is 5.03. The van der Waals surface area contributed by atoms with Gasteiger partial charge in [0.1, 0.15) is 23.5 Å². The van der Waals surface area contributed by atoms with E-state index in [1.807, 2.05) is 31.4 Å². The molecule has 4 aromatic rings. The lowest BCUT2D eigenvalue weighted by Crippen LogP contribution is -2.29. The summed E-state index contributed by atoms with van der Waals surface area (Å²) in [6, 6.07) is 5.83. The fourth-order valence-corrected chi connectivity index (χ4v) is 3.88. The van der Waals surface area contributed by atoms with Crippen LogP contribution in [-0.4, -0.2) is 60.8 Å². The second-order valence-electron chi connectivity index (χ2n) is 8.09. The van der Waals surface area contributed by atoms with Crippen LogP contribution in [0.1, 0.15) is 41.0 Å². The molecule has 0 aliphatic carbocycles. The van der Waals surface area contributed by atoms with Gasteiger partial charge in [0.05, 0.1) is 18.1 Å². The predicted octanol–water partition coefficient (Wildman–Crippen LogP) is 2.65. The number of aryl methyl sites for hydroxylation is 1. The quantitative estimate of drug-likeness (QED) is 0.457. The molecule has 31 heavy (non-hydrogen) atoms. The van der Waals surface area contributed by atoms with Gasteiger partial charge < -0.3 is 9.32 Å². The second kappa shape index (κ2) is 7.99. The molecule has 0 radical (unpaired) electrons. The summed E-state index contributed by atoms with van der Waals surface area (Å²) in [5.41, 5.74) is 2.78. The van der Waals surface area contributed by atoms with Gasteiger partial charge in [-0.25, -0.2) is 15.0 Å². The normalized spacial score (nSPS) is 15.5. The number of carbonyl (C=O) groups excluding carboxylic acids is 1. The number of carbonyl (C=O) groups is 1. The fourth-order valence-electron chi connectivity index (χ4n) is 3.88. The fraction of sp³-hybridized carbons (Fsp3) is 0.364. The molecular weight excluding hydrogens is 394 g/mol. The average molecular weight is 417 g/mol. The van der Waals surface area contributed by atoms with Gasteiger partial charge >= 0.3 is 0 Å². The van der Waals surface area contributed by atoms with Crippen LogP contribution in [0.15, 0.2) is 41.3 Å². The maximum atomic E-state index is 12.8. The highest BCUT2D eigenvalue weighted by atomic mass is 16.3. The highest BCUT2D eigenvalue weighted by molar-refractivity contribution is 5.95. The molecule has 158 valence electrons. The molecule has 0 spiro atoms. The number of nitrogens with zero attached hydrogens (tertiary/aromatic N) is 7. The molecule has 5 rings (SSSR count). The summed E-state index contributed by atoms with van der Waals surface area (Å²) < 4.78 is 7.28. The smallest absolute Gasteiger partial charge is 0.197 e. The molecule has 0 bridgehead atoms. The highest BCUT2D eigenvalue weighted by Crippen LogP contribution is 2.27. The van der Waals surface area contributed by atoms with Crippen LogP contribution in [0.3, 0.4) is 0 Å². The third-order valence-electron chi connectivity index (χ3n) is 5.73. The van der Waals surface area contributed by atoms with Gasteiger partial charge in [0.15, 0.2) is 11.7 Å². The maximum Gasteiger partial charge on any atom is 0.197 e.